The summed E-state index contributed by atoms with van der Waals surface area (Å²) in [6.45, 7) is 5.45. The molecule has 3 nitrogen and oxygen atoms in total. The number of ether oxygens (including phenoxy) is 1. The Morgan fingerprint density at radius 2 is 1.78 bits per heavy atom. The van der Waals surface area contributed by atoms with Crippen molar-refractivity contribution in [2.24, 2.45) is 0 Å². The third-order valence-electron chi connectivity index (χ3n) is 2.41. The molecule has 0 atom stereocenters. The van der Waals surface area contributed by atoms with E-state index in [1.807, 2.05) is 24.3 Å². The highest BCUT2D eigenvalue weighted by atomic mass is 16.5. The van der Waals surface area contributed by atoms with Crippen LogP contribution < -0.4 is 0 Å². The monoisotopic (exact) mass is 246 g/mol. The lowest BCUT2D eigenvalue weighted by molar-refractivity contribution is -0.138. The summed E-state index contributed by atoms with van der Waals surface area (Å²) in [7, 11) is 0. The molecule has 1 aromatic rings. The zero-order valence-electron chi connectivity index (χ0n) is 11.0. The molecule has 0 saturated heterocycles. The van der Waals surface area contributed by atoms with E-state index in [1.54, 1.807) is 26.8 Å². The predicted octanol–water partition coefficient (Wildman–Crippen LogP) is 2.78. The quantitative estimate of drug-likeness (QED) is 0.592. The predicted molar refractivity (Wildman–Crippen MR) is 71.1 cm³/mol. The highest BCUT2D eigenvalue weighted by molar-refractivity contribution is 5.93. The number of rotatable bonds is 5. The van der Waals surface area contributed by atoms with Gasteiger partial charge in [-0.05, 0) is 38.0 Å². The summed E-state index contributed by atoms with van der Waals surface area (Å²) in [4.78, 5) is 22.4. The summed E-state index contributed by atoms with van der Waals surface area (Å²) in [6.07, 6.45) is 2.22. The highest BCUT2D eigenvalue weighted by Crippen LogP contribution is 2.10. The third-order valence-corrected chi connectivity index (χ3v) is 2.41. The number of esters is 1. The van der Waals surface area contributed by atoms with Crippen LogP contribution in [-0.2, 0) is 20.7 Å². The standard InChI is InChI=1S/C15H18O3/c1-4-18-15(17)11(2)9-13-5-7-14(8-6-13)10-12(3)16/h5-9H,4,10H2,1-3H3/b11-9+. The van der Waals surface area contributed by atoms with Gasteiger partial charge in [-0.25, -0.2) is 4.79 Å². The zero-order chi connectivity index (χ0) is 13.5. The Morgan fingerprint density at radius 1 is 1.17 bits per heavy atom. The summed E-state index contributed by atoms with van der Waals surface area (Å²) >= 11 is 0. The number of carbonyl (C=O) groups excluding carboxylic acids is 2. The van der Waals surface area contributed by atoms with Crippen molar-refractivity contribution in [1.29, 1.82) is 0 Å². The topological polar surface area (TPSA) is 43.4 Å². The largest absolute Gasteiger partial charge is 0.463 e. The lowest BCUT2D eigenvalue weighted by Gasteiger charge is -2.02. The first-order valence-electron chi connectivity index (χ1n) is 5.96. The second kappa shape index (κ2) is 6.74. The molecule has 0 amide bonds. The molecule has 0 heterocycles. The molecule has 0 aliphatic carbocycles. The fourth-order valence-electron chi connectivity index (χ4n) is 1.57. The maximum absolute atomic E-state index is 11.4. The number of hydrogen-bond acceptors (Lipinski definition) is 3. The van der Waals surface area contributed by atoms with E-state index in [2.05, 4.69) is 0 Å². The Morgan fingerprint density at radius 3 is 2.28 bits per heavy atom. The summed E-state index contributed by atoms with van der Waals surface area (Å²) in [5.74, 6) is -0.161. The molecule has 96 valence electrons. The van der Waals surface area contributed by atoms with Crippen LogP contribution >= 0.6 is 0 Å². The van der Waals surface area contributed by atoms with Gasteiger partial charge in [0.05, 0.1) is 6.61 Å². The van der Waals surface area contributed by atoms with Crippen LogP contribution in [0.25, 0.3) is 6.08 Å². The molecule has 18 heavy (non-hydrogen) atoms. The van der Waals surface area contributed by atoms with E-state index >= 15 is 0 Å². The Balaban J connectivity index is 2.76. The average molecular weight is 246 g/mol. The summed E-state index contributed by atoms with van der Waals surface area (Å²) in [6, 6.07) is 7.57. The minimum atomic E-state index is -0.301. The van der Waals surface area contributed by atoms with Crippen molar-refractivity contribution < 1.29 is 14.3 Å². The molecule has 1 rings (SSSR count). The van der Waals surface area contributed by atoms with Gasteiger partial charge in [0.2, 0.25) is 0 Å². The molecule has 0 radical (unpaired) electrons. The van der Waals surface area contributed by atoms with E-state index in [-0.39, 0.29) is 11.8 Å². The van der Waals surface area contributed by atoms with Crippen molar-refractivity contribution in [1.82, 2.24) is 0 Å². The van der Waals surface area contributed by atoms with Gasteiger partial charge in [-0.3, -0.25) is 4.79 Å². The van der Waals surface area contributed by atoms with E-state index in [4.69, 9.17) is 4.74 Å². The smallest absolute Gasteiger partial charge is 0.333 e. The fraction of sp³-hybridized carbons (Fsp3) is 0.333. The second-order valence-electron chi connectivity index (χ2n) is 4.17. The summed E-state index contributed by atoms with van der Waals surface area (Å²) < 4.78 is 4.90. The number of benzene rings is 1. The fourth-order valence-corrected chi connectivity index (χ4v) is 1.57. The van der Waals surface area contributed by atoms with Crippen molar-refractivity contribution in [3.63, 3.8) is 0 Å². The first kappa shape index (κ1) is 14.2. The SMILES string of the molecule is CCOC(=O)/C(C)=C/c1ccc(CC(C)=O)cc1. The van der Waals surface area contributed by atoms with Gasteiger partial charge < -0.3 is 4.74 Å². The first-order valence-corrected chi connectivity index (χ1v) is 5.96. The molecular formula is C15H18O3. The van der Waals surface area contributed by atoms with Crippen LogP contribution in [-0.4, -0.2) is 18.4 Å². The average Bonchev–Trinajstić information content (AvgIpc) is 2.31. The van der Waals surface area contributed by atoms with E-state index < -0.39 is 0 Å². The van der Waals surface area contributed by atoms with Gasteiger partial charge in [0, 0.05) is 12.0 Å². The van der Waals surface area contributed by atoms with E-state index in [9.17, 15) is 9.59 Å². The van der Waals surface area contributed by atoms with Gasteiger partial charge in [-0.2, -0.15) is 0 Å². The van der Waals surface area contributed by atoms with Crippen molar-refractivity contribution in [2.75, 3.05) is 6.61 Å². The summed E-state index contributed by atoms with van der Waals surface area (Å²) in [5.41, 5.74) is 2.47. The third kappa shape index (κ3) is 4.53. The van der Waals surface area contributed by atoms with E-state index in [0.29, 0.717) is 18.6 Å². The van der Waals surface area contributed by atoms with Crippen molar-refractivity contribution in [2.45, 2.75) is 27.2 Å². The molecule has 3 heteroatoms. The van der Waals surface area contributed by atoms with Gasteiger partial charge in [0.15, 0.2) is 0 Å². The van der Waals surface area contributed by atoms with Gasteiger partial charge in [0.1, 0.15) is 5.78 Å². The number of carbonyl (C=O) groups is 2. The molecule has 0 aromatic heterocycles. The maximum Gasteiger partial charge on any atom is 0.333 e. The van der Waals surface area contributed by atoms with Crippen LogP contribution in [0.15, 0.2) is 29.8 Å². The molecule has 0 fully saturated rings. The number of ketones is 1. The Hall–Kier alpha value is -1.90. The zero-order valence-corrected chi connectivity index (χ0v) is 11.0. The molecule has 0 unspecified atom stereocenters. The first-order chi connectivity index (χ1) is 8.52. The Kier molecular flexibility index (Phi) is 5.31. The van der Waals surface area contributed by atoms with Crippen LogP contribution in [0.1, 0.15) is 31.9 Å². The Bertz CT molecular complexity index is 455. The lowest BCUT2D eigenvalue weighted by Crippen LogP contribution is -2.04. The molecule has 0 aliphatic heterocycles. The molecule has 0 N–H and O–H groups in total. The second-order valence-corrected chi connectivity index (χ2v) is 4.17. The van der Waals surface area contributed by atoms with E-state index in [1.165, 1.54) is 0 Å². The van der Waals surface area contributed by atoms with Crippen molar-refractivity contribution in [3.8, 4) is 0 Å². The van der Waals surface area contributed by atoms with Gasteiger partial charge in [-0.1, -0.05) is 24.3 Å². The van der Waals surface area contributed by atoms with Crippen LogP contribution in [0.4, 0.5) is 0 Å². The molecule has 0 aliphatic rings. The van der Waals surface area contributed by atoms with Crippen LogP contribution in [0.3, 0.4) is 0 Å². The van der Waals surface area contributed by atoms with Gasteiger partial charge in [0.25, 0.3) is 0 Å². The molecule has 0 spiro atoms. The van der Waals surface area contributed by atoms with Gasteiger partial charge in [-0.15, -0.1) is 0 Å². The van der Waals surface area contributed by atoms with E-state index in [0.717, 1.165) is 11.1 Å². The van der Waals surface area contributed by atoms with Gasteiger partial charge >= 0.3 is 5.97 Å². The summed E-state index contributed by atoms with van der Waals surface area (Å²) in [5, 5.41) is 0. The number of hydrogen-bond donors (Lipinski definition) is 0. The minimum absolute atomic E-state index is 0.140. The van der Waals surface area contributed by atoms with Crippen LogP contribution in [0.5, 0.6) is 0 Å². The number of Topliss-reactive ketones (excluding diaryl/α,β-unsaturated/α-hetero) is 1. The molecule has 0 saturated carbocycles. The van der Waals surface area contributed by atoms with Crippen molar-refractivity contribution >= 4 is 17.8 Å². The maximum atomic E-state index is 11.4. The van der Waals surface area contributed by atoms with Crippen LogP contribution in [0, 0.1) is 0 Å². The van der Waals surface area contributed by atoms with Crippen LogP contribution in [0.2, 0.25) is 0 Å². The van der Waals surface area contributed by atoms with Crippen molar-refractivity contribution in [3.05, 3.63) is 41.0 Å². The lowest BCUT2D eigenvalue weighted by atomic mass is 10.1. The Labute approximate surface area is 107 Å². The molecule has 0 bridgehead atoms. The normalized spacial score (nSPS) is 11.2. The molecular weight excluding hydrogens is 228 g/mol. The highest BCUT2D eigenvalue weighted by Gasteiger charge is 2.04. The minimum Gasteiger partial charge on any atom is -0.463 e. The molecule has 1 aromatic carbocycles.